The molecule has 1 nitrogen and oxygen atoms in total. The summed E-state index contributed by atoms with van der Waals surface area (Å²) in [5.74, 6) is 0. The predicted octanol–water partition coefficient (Wildman–Crippen LogP) is 4.74. The second-order valence-corrected chi connectivity index (χ2v) is 5.21. The Morgan fingerprint density at radius 1 is 0.600 bits per heavy atom. The third kappa shape index (κ3) is 2.27. The van der Waals surface area contributed by atoms with Gasteiger partial charge in [-0.1, -0.05) is 60.7 Å². The van der Waals surface area contributed by atoms with Crippen molar-refractivity contribution in [2.45, 2.75) is 19.9 Å². The number of benzene rings is 2. The van der Waals surface area contributed by atoms with E-state index < -0.39 is 0 Å². The van der Waals surface area contributed by atoms with Gasteiger partial charge in [-0.2, -0.15) is 0 Å². The Morgan fingerprint density at radius 3 is 1.40 bits per heavy atom. The average Bonchev–Trinajstić information content (AvgIpc) is 2.82. The van der Waals surface area contributed by atoms with E-state index in [1.54, 1.807) is 0 Å². The largest absolute Gasteiger partial charge is 0.338 e. The standard InChI is InChI=1S/C19H19N/c1-15-13-14-16(2)20(15)19(17-9-5-3-6-10-17)18-11-7-4-8-12-18/h3-14,19H,1-2H3. The van der Waals surface area contributed by atoms with Crippen LogP contribution in [0.25, 0.3) is 0 Å². The molecule has 0 bridgehead atoms. The van der Waals surface area contributed by atoms with Crippen molar-refractivity contribution in [1.82, 2.24) is 4.57 Å². The maximum absolute atomic E-state index is 2.41. The predicted molar refractivity (Wildman–Crippen MR) is 84.0 cm³/mol. The summed E-state index contributed by atoms with van der Waals surface area (Å²) >= 11 is 0. The SMILES string of the molecule is Cc1ccc(C)n1C(c1ccccc1)c1ccccc1. The summed E-state index contributed by atoms with van der Waals surface area (Å²) in [6.45, 7) is 4.34. The van der Waals surface area contributed by atoms with Crippen LogP contribution in [0.1, 0.15) is 28.6 Å². The molecule has 0 aliphatic rings. The molecule has 0 atom stereocenters. The summed E-state index contributed by atoms with van der Waals surface area (Å²) in [5.41, 5.74) is 5.22. The lowest BCUT2D eigenvalue weighted by Gasteiger charge is -2.24. The first-order valence-corrected chi connectivity index (χ1v) is 7.01. The minimum Gasteiger partial charge on any atom is -0.338 e. The van der Waals surface area contributed by atoms with Crippen LogP contribution in [-0.2, 0) is 0 Å². The zero-order valence-electron chi connectivity index (χ0n) is 12.0. The Morgan fingerprint density at radius 2 is 1.00 bits per heavy atom. The Kier molecular flexibility index (Phi) is 3.42. The van der Waals surface area contributed by atoms with Gasteiger partial charge in [-0.15, -0.1) is 0 Å². The number of aryl methyl sites for hydroxylation is 2. The molecule has 100 valence electrons. The van der Waals surface area contributed by atoms with Crippen molar-refractivity contribution in [3.05, 3.63) is 95.3 Å². The van der Waals surface area contributed by atoms with E-state index in [0.29, 0.717) is 0 Å². The molecule has 0 unspecified atom stereocenters. The quantitative estimate of drug-likeness (QED) is 0.641. The minimum absolute atomic E-state index is 0.243. The molecule has 1 aromatic heterocycles. The molecule has 0 radical (unpaired) electrons. The molecule has 3 rings (SSSR count). The van der Waals surface area contributed by atoms with E-state index >= 15 is 0 Å². The lowest BCUT2D eigenvalue weighted by molar-refractivity contribution is 0.645. The van der Waals surface area contributed by atoms with Crippen molar-refractivity contribution in [3.63, 3.8) is 0 Å². The number of nitrogens with zero attached hydrogens (tertiary/aromatic N) is 1. The lowest BCUT2D eigenvalue weighted by Crippen LogP contribution is -2.14. The van der Waals surface area contributed by atoms with Crippen molar-refractivity contribution in [1.29, 1.82) is 0 Å². The zero-order valence-corrected chi connectivity index (χ0v) is 12.0. The maximum Gasteiger partial charge on any atom is 0.0838 e. The highest BCUT2D eigenvalue weighted by Gasteiger charge is 2.18. The highest BCUT2D eigenvalue weighted by atomic mass is 15.0. The molecule has 1 heterocycles. The van der Waals surface area contributed by atoms with Gasteiger partial charge >= 0.3 is 0 Å². The topological polar surface area (TPSA) is 4.93 Å². The normalized spacial score (nSPS) is 10.9. The molecule has 1 heteroatoms. The van der Waals surface area contributed by atoms with Crippen molar-refractivity contribution in [2.24, 2.45) is 0 Å². The van der Waals surface area contributed by atoms with E-state index in [1.165, 1.54) is 22.5 Å². The van der Waals surface area contributed by atoms with Crippen LogP contribution in [0, 0.1) is 13.8 Å². The average molecular weight is 261 g/mol. The first-order chi connectivity index (χ1) is 9.77. The summed E-state index contributed by atoms with van der Waals surface area (Å²) in [5, 5.41) is 0. The number of rotatable bonds is 3. The Hall–Kier alpha value is -2.28. The monoisotopic (exact) mass is 261 g/mol. The molecule has 2 aromatic carbocycles. The van der Waals surface area contributed by atoms with Crippen LogP contribution in [0.4, 0.5) is 0 Å². The molecule has 0 N–H and O–H groups in total. The van der Waals surface area contributed by atoms with Gasteiger partial charge in [-0.25, -0.2) is 0 Å². The van der Waals surface area contributed by atoms with E-state index in [1.807, 2.05) is 0 Å². The van der Waals surface area contributed by atoms with Crippen molar-refractivity contribution in [3.8, 4) is 0 Å². The molecule has 0 amide bonds. The summed E-state index contributed by atoms with van der Waals surface area (Å²) in [7, 11) is 0. The summed E-state index contributed by atoms with van der Waals surface area (Å²) in [4.78, 5) is 0. The second-order valence-electron chi connectivity index (χ2n) is 5.21. The fourth-order valence-corrected chi connectivity index (χ4v) is 2.85. The molecule has 20 heavy (non-hydrogen) atoms. The summed E-state index contributed by atoms with van der Waals surface area (Å²) < 4.78 is 2.41. The molecule has 0 saturated carbocycles. The van der Waals surface area contributed by atoms with Crippen LogP contribution in [0.2, 0.25) is 0 Å². The first-order valence-electron chi connectivity index (χ1n) is 7.01. The van der Waals surface area contributed by atoms with Crippen LogP contribution in [0.3, 0.4) is 0 Å². The molecular weight excluding hydrogens is 242 g/mol. The van der Waals surface area contributed by atoms with Gasteiger partial charge in [-0.3, -0.25) is 0 Å². The Bertz CT molecular complexity index is 621. The Balaban J connectivity index is 2.20. The van der Waals surface area contributed by atoms with E-state index in [4.69, 9.17) is 0 Å². The number of aromatic nitrogens is 1. The fraction of sp³-hybridized carbons (Fsp3) is 0.158. The Labute approximate surface area is 120 Å². The molecular formula is C19H19N. The third-order valence-electron chi connectivity index (χ3n) is 3.81. The molecule has 3 aromatic rings. The molecule has 0 aliphatic heterocycles. The first kappa shape index (κ1) is 12.7. The van der Waals surface area contributed by atoms with Gasteiger partial charge in [0.05, 0.1) is 6.04 Å². The smallest absolute Gasteiger partial charge is 0.0838 e. The zero-order chi connectivity index (χ0) is 13.9. The molecule has 0 saturated heterocycles. The van der Waals surface area contributed by atoms with E-state index in [9.17, 15) is 0 Å². The summed E-state index contributed by atoms with van der Waals surface area (Å²) in [6, 6.07) is 26.0. The van der Waals surface area contributed by atoms with Crippen LogP contribution in [0.15, 0.2) is 72.8 Å². The highest BCUT2D eigenvalue weighted by molar-refractivity contribution is 5.35. The van der Waals surface area contributed by atoms with E-state index in [0.717, 1.165) is 0 Å². The van der Waals surface area contributed by atoms with Gasteiger partial charge < -0.3 is 4.57 Å². The lowest BCUT2D eigenvalue weighted by atomic mass is 9.98. The van der Waals surface area contributed by atoms with Gasteiger partial charge in [0.1, 0.15) is 0 Å². The van der Waals surface area contributed by atoms with Gasteiger partial charge in [0.2, 0.25) is 0 Å². The maximum atomic E-state index is 2.41. The number of hydrogen-bond donors (Lipinski definition) is 0. The molecule has 0 spiro atoms. The van der Waals surface area contributed by atoms with Crippen LogP contribution in [-0.4, -0.2) is 4.57 Å². The number of hydrogen-bond acceptors (Lipinski definition) is 0. The van der Waals surface area contributed by atoms with Gasteiger partial charge in [0.25, 0.3) is 0 Å². The minimum atomic E-state index is 0.243. The van der Waals surface area contributed by atoms with E-state index in [-0.39, 0.29) is 6.04 Å². The molecule has 0 aliphatic carbocycles. The van der Waals surface area contributed by atoms with Crippen molar-refractivity contribution < 1.29 is 0 Å². The van der Waals surface area contributed by atoms with Crippen LogP contribution in [0.5, 0.6) is 0 Å². The van der Waals surface area contributed by atoms with Gasteiger partial charge in [-0.05, 0) is 37.1 Å². The highest BCUT2D eigenvalue weighted by Crippen LogP contribution is 2.29. The van der Waals surface area contributed by atoms with E-state index in [2.05, 4.69) is 91.2 Å². The third-order valence-corrected chi connectivity index (χ3v) is 3.81. The van der Waals surface area contributed by atoms with Crippen molar-refractivity contribution in [2.75, 3.05) is 0 Å². The van der Waals surface area contributed by atoms with Crippen LogP contribution >= 0.6 is 0 Å². The van der Waals surface area contributed by atoms with Gasteiger partial charge in [0, 0.05) is 11.4 Å². The molecule has 0 fully saturated rings. The van der Waals surface area contributed by atoms with Crippen molar-refractivity contribution >= 4 is 0 Å². The second kappa shape index (κ2) is 5.38. The van der Waals surface area contributed by atoms with Gasteiger partial charge in [0.15, 0.2) is 0 Å². The summed E-state index contributed by atoms with van der Waals surface area (Å²) in [6.07, 6.45) is 0. The fourth-order valence-electron chi connectivity index (χ4n) is 2.85. The van der Waals surface area contributed by atoms with Crippen LogP contribution < -0.4 is 0 Å².